The fourth-order valence-electron chi connectivity index (χ4n) is 5.19. The highest BCUT2D eigenvalue weighted by molar-refractivity contribution is 8.21. The summed E-state index contributed by atoms with van der Waals surface area (Å²) in [6.45, 7) is 0. The molecule has 0 radical (unpaired) electrons. The largest absolute Gasteiger partial charge is 0.630 e. The van der Waals surface area contributed by atoms with Gasteiger partial charge < -0.3 is 9.12 Å². The molecule has 2 aliphatic heterocycles. The van der Waals surface area contributed by atoms with Crippen molar-refractivity contribution < 1.29 is 4.55 Å². The minimum atomic E-state index is -1.24. The molecule has 30 heavy (non-hydrogen) atoms. The van der Waals surface area contributed by atoms with Crippen molar-refractivity contribution in [2.75, 3.05) is 0 Å². The van der Waals surface area contributed by atoms with Gasteiger partial charge in [0.2, 0.25) is 0 Å². The molecular formula is C25H14BNO2S. The van der Waals surface area contributed by atoms with Crippen molar-refractivity contribution >= 4 is 49.7 Å². The van der Waals surface area contributed by atoms with Crippen LogP contribution in [0.4, 0.5) is 0 Å². The van der Waals surface area contributed by atoms with Crippen molar-refractivity contribution in [2.45, 2.75) is 4.90 Å². The number of aromatic nitrogens is 1. The van der Waals surface area contributed by atoms with E-state index in [0.29, 0.717) is 10.8 Å². The number of benzene rings is 4. The standard InChI is InChI=1S/C25H14BNO2S/c28-25-17-8-1-4-10-20(17)27-21-11-5-3-9-19(21)26-23-16(13-14-18(25)24(23)27)15-7-2-6-12-22(15)30(26)29/h1-14H. The summed E-state index contributed by atoms with van der Waals surface area (Å²) in [5.41, 5.74) is 6.92. The minimum Gasteiger partial charge on any atom is -0.630 e. The molecule has 5 aromatic rings. The molecule has 5 heteroatoms. The van der Waals surface area contributed by atoms with Crippen LogP contribution in [0.25, 0.3) is 38.6 Å². The van der Waals surface area contributed by atoms with E-state index in [1.165, 1.54) is 0 Å². The fourth-order valence-corrected chi connectivity index (χ4v) is 6.94. The van der Waals surface area contributed by atoms with Gasteiger partial charge in [0.25, 0.3) is 0 Å². The molecule has 1 unspecified atom stereocenters. The second-order valence-electron chi connectivity index (χ2n) is 7.84. The summed E-state index contributed by atoms with van der Waals surface area (Å²) in [6, 6.07) is 27.8. The summed E-state index contributed by atoms with van der Waals surface area (Å²) in [5.74, 6) is -0.282. The van der Waals surface area contributed by atoms with E-state index in [1.807, 2.05) is 72.8 Å². The monoisotopic (exact) mass is 403 g/mol. The molecule has 3 heterocycles. The average Bonchev–Trinajstić information content (AvgIpc) is 2.80. The number of hydrogen-bond acceptors (Lipinski definition) is 2. The van der Waals surface area contributed by atoms with Gasteiger partial charge in [-0.25, -0.2) is 0 Å². The Morgan fingerprint density at radius 2 is 1.53 bits per heavy atom. The van der Waals surface area contributed by atoms with Crippen LogP contribution in [0, 0.1) is 0 Å². The summed E-state index contributed by atoms with van der Waals surface area (Å²) < 4.78 is 16.0. The molecule has 2 aliphatic rings. The van der Waals surface area contributed by atoms with Gasteiger partial charge in [0.15, 0.2) is 5.43 Å². The number of fused-ring (bicyclic) bond motifs is 7. The van der Waals surface area contributed by atoms with Gasteiger partial charge in [0.1, 0.15) is 4.90 Å². The molecule has 0 aliphatic carbocycles. The second-order valence-corrected chi connectivity index (χ2v) is 9.34. The van der Waals surface area contributed by atoms with E-state index >= 15 is 0 Å². The molecule has 1 aromatic heterocycles. The zero-order valence-electron chi connectivity index (χ0n) is 15.8. The first-order chi connectivity index (χ1) is 14.8. The average molecular weight is 403 g/mol. The lowest BCUT2D eigenvalue weighted by molar-refractivity contribution is 0.607. The Morgan fingerprint density at radius 3 is 2.47 bits per heavy atom. The smallest absolute Gasteiger partial charge is 0.489 e. The van der Waals surface area contributed by atoms with Crippen LogP contribution >= 0.6 is 0 Å². The van der Waals surface area contributed by atoms with Crippen LogP contribution in [-0.2, 0) is 11.0 Å². The van der Waals surface area contributed by atoms with Crippen LogP contribution < -0.4 is 16.4 Å². The first kappa shape index (κ1) is 16.5. The number of pyridine rings is 1. The highest BCUT2D eigenvalue weighted by Crippen LogP contribution is 2.38. The zero-order valence-corrected chi connectivity index (χ0v) is 16.6. The molecule has 0 saturated carbocycles. The Balaban J connectivity index is 1.81. The highest BCUT2D eigenvalue weighted by Gasteiger charge is 2.48. The molecule has 3 nitrogen and oxygen atoms in total. The van der Waals surface area contributed by atoms with Gasteiger partial charge in [-0.1, -0.05) is 59.6 Å². The van der Waals surface area contributed by atoms with Crippen molar-refractivity contribution in [3.05, 3.63) is 95.2 Å². The van der Waals surface area contributed by atoms with Crippen LogP contribution in [0.1, 0.15) is 0 Å². The Kier molecular flexibility index (Phi) is 3.11. The molecule has 7 rings (SSSR count). The van der Waals surface area contributed by atoms with Gasteiger partial charge in [0.05, 0.1) is 11.0 Å². The third-order valence-corrected chi connectivity index (χ3v) is 8.11. The van der Waals surface area contributed by atoms with E-state index in [9.17, 15) is 9.35 Å². The Bertz CT molecular complexity index is 1610. The summed E-state index contributed by atoms with van der Waals surface area (Å²) in [7, 11) is 0. The van der Waals surface area contributed by atoms with Crippen LogP contribution in [0.2, 0.25) is 0 Å². The molecule has 0 saturated heterocycles. The van der Waals surface area contributed by atoms with Crippen molar-refractivity contribution in [3.63, 3.8) is 0 Å². The van der Waals surface area contributed by atoms with Gasteiger partial charge in [-0.15, -0.1) is 0 Å². The number of hydrogen-bond donors (Lipinski definition) is 0. The van der Waals surface area contributed by atoms with Crippen molar-refractivity contribution in [2.24, 2.45) is 0 Å². The third-order valence-electron chi connectivity index (χ3n) is 6.41. The maximum absolute atomic E-state index is 13.8. The molecule has 0 spiro atoms. The van der Waals surface area contributed by atoms with Crippen molar-refractivity contribution in [1.29, 1.82) is 0 Å². The Hall–Kier alpha value is -3.28. The summed E-state index contributed by atoms with van der Waals surface area (Å²) in [6.07, 6.45) is 0. The summed E-state index contributed by atoms with van der Waals surface area (Å²) >= 11 is -1.24. The highest BCUT2D eigenvalue weighted by atomic mass is 32.2. The van der Waals surface area contributed by atoms with Gasteiger partial charge in [-0.05, 0) is 42.0 Å². The minimum absolute atomic E-state index is 0.0300. The summed E-state index contributed by atoms with van der Waals surface area (Å²) in [5, 5.41) is 1.39. The normalized spacial score (nSPS) is 15.9. The first-order valence-electron chi connectivity index (χ1n) is 9.95. The van der Waals surface area contributed by atoms with E-state index in [1.54, 1.807) is 0 Å². The topological polar surface area (TPSA) is 45.1 Å². The molecule has 0 N–H and O–H groups in total. The number of nitrogens with zero attached hydrogens (tertiary/aromatic N) is 1. The number of para-hydroxylation sites is 2. The fraction of sp³-hybridized carbons (Fsp3) is 0. The van der Waals surface area contributed by atoms with Gasteiger partial charge in [0, 0.05) is 32.9 Å². The molecule has 1 atom stereocenters. The lowest BCUT2D eigenvalue weighted by atomic mass is 9.56. The van der Waals surface area contributed by atoms with Gasteiger partial charge in [-0.3, -0.25) is 4.79 Å². The number of rotatable bonds is 0. The lowest BCUT2D eigenvalue weighted by Gasteiger charge is -2.34. The molecule has 0 fully saturated rings. The predicted molar refractivity (Wildman–Crippen MR) is 124 cm³/mol. The van der Waals surface area contributed by atoms with E-state index in [2.05, 4.69) is 16.7 Å². The molecular weight excluding hydrogens is 389 g/mol. The zero-order chi connectivity index (χ0) is 20.0. The molecule has 140 valence electrons. The van der Waals surface area contributed by atoms with Crippen molar-refractivity contribution in [3.8, 4) is 16.8 Å². The Labute approximate surface area is 175 Å². The maximum Gasteiger partial charge on any atom is 0.489 e. The van der Waals surface area contributed by atoms with Crippen LogP contribution in [0.5, 0.6) is 0 Å². The lowest BCUT2D eigenvalue weighted by Crippen LogP contribution is -2.56. The van der Waals surface area contributed by atoms with Crippen LogP contribution in [0.3, 0.4) is 0 Å². The first-order valence-corrected chi connectivity index (χ1v) is 11.2. The van der Waals surface area contributed by atoms with Crippen molar-refractivity contribution in [1.82, 2.24) is 4.57 Å². The van der Waals surface area contributed by atoms with E-state index in [4.69, 9.17) is 0 Å². The van der Waals surface area contributed by atoms with E-state index < -0.39 is 11.0 Å². The predicted octanol–water partition coefficient (Wildman–Crippen LogP) is 3.35. The summed E-state index contributed by atoms with van der Waals surface area (Å²) in [4.78, 5) is 14.3. The van der Waals surface area contributed by atoms with Crippen LogP contribution in [0.15, 0.2) is 94.6 Å². The molecule has 0 amide bonds. The third kappa shape index (κ3) is 1.85. The van der Waals surface area contributed by atoms with Gasteiger partial charge >= 0.3 is 5.99 Å². The quantitative estimate of drug-likeness (QED) is 0.226. The SMILES string of the molecule is O=c1c2ccccc2n2c3c4c(ccc13)-c1ccccc1[S+]([O-])B4c1ccccc1-2. The van der Waals surface area contributed by atoms with E-state index in [-0.39, 0.29) is 11.4 Å². The van der Waals surface area contributed by atoms with Crippen LogP contribution in [-0.4, -0.2) is 15.1 Å². The van der Waals surface area contributed by atoms with Gasteiger partial charge in [-0.2, -0.15) is 0 Å². The molecule has 0 bridgehead atoms. The van der Waals surface area contributed by atoms with E-state index in [0.717, 1.165) is 43.7 Å². The second kappa shape index (κ2) is 5.66. The maximum atomic E-state index is 13.8. The molecule has 4 aromatic carbocycles. The Morgan fingerprint density at radius 1 is 0.767 bits per heavy atom.